The number of rotatable bonds is 5. The van der Waals surface area contributed by atoms with Gasteiger partial charge in [0.1, 0.15) is 0 Å². The third-order valence-electron chi connectivity index (χ3n) is 5.65. The summed E-state index contributed by atoms with van der Waals surface area (Å²) in [6, 6.07) is 19.9. The summed E-state index contributed by atoms with van der Waals surface area (Å²) in [5, 5.41) is 4.05. The predicted molar refractivity (Wildman–Crippen MR) is 130 cm³/mol. The van der Waals surface area contributed by atoms with Crippen LogP contribution in [0.5, 0.6) is 0 Å². The van der Waals surface area contributed by atoms with Crippen molar-refractivity contribution in [2.75, 3.05) is 17.7 Å². The van der Waals surface area contributed by atoms with E-state index in [0.29, 0.717) is 11.4 Å². The summed E-state index contributed by atoms with van der Waals surface area (Å²) < 4.78 is 30.6. The van der Waals surface area contributed by atoms with Crippen molar-refractivity contribution in [3.63, 3.8) is 0 Å². The summed E-state index contributed by atoms with van der Waals surface area (Å²) in [6.45, 7) is 1.91. The van der Waals surface area contributed by atoms with E-state index in [0.717, 1.165) is 26.6 Å². The van der Waals surface area contributed by atoms with E-state index in [-0.39, 0.29) is 28.9 Å². The van der Waals surface area contributed by atoms with Gasteiger partial charge in [0.05, 0.1) is 21.9 Å². The van der Waals surface area contributed by atoms with E-state index in [1.165, 1.54) is 11.8 Å². The highest BCUT2D eigenvalue weighted by atomic mass is 32.2. The van der Waals surface area contributed by atoms with Crippen LogP contribution in [0.2, 0.25) is 0 Å². The molecule has 0 bridgehead atoms. The minimum Gasteiger partial charge on any atom is -0.339 e. The van der Waals surface area contributed by atoms with Gasteiger partial charge in [-0.25, -0.2) is 8.42 Å². The standard InChI is InChI=1S/C25H21N3O4S2/c1-16-7-10-18(11-8-16)34(30,31)14-13-23-26-24(27-32-23)17-9-12-20-22(15-17)33-21-6-4-3-5-19(21)25(29)28(20)2/h3-12,15H,13-14H2,1-2H3. The number of hydrogen-bond acceptors (Lipinski definition) is 7. The van der Waals surface area contributed by atoms with Gasteiger partial charge in [-0.2, -0.15) is 4.98 Å². The zero-order valence-electron chi connectivity index (χ0n) is 18.6. The van der Waals surface area contributed by atoms with E-state index in [1.807, 2.05) is 49.4 Å². The molecule has 9 heteroatoms. The third-order valence-corrected chi connectivity index (χ3v) is 8.51. The molecule has 0 spiro atoms. The van der Waals surface area contributed by atoms with Gasteiger partial charge in [-0.15, -0.1) is 0 Å². The number of anilines is 1. The lowest BCUT2D eigenvalue weighted by molar-refractivity contribution is 0.0990. The minimum atomic E-state index is -3.46. The van der Waals surface area contributed by atoms with Crippen LogP contribution in [0, 0.1) is 6.92 Å². The average Bonchev–Trinajstić information content (AvgIpc) is 3.28. The van der Waals surface area contributed by atoms with E-state index < -0.39 is 9.84 Å². The Bertz CT molecular complexity index is 1490. The van der Waals surface area contributed by atoms with Crippen LogP contribution >= 0.6 is 11.8 Å². The molecule has 0 aliphatic carbocycles. The Kier molecular flexibility index (Phi) is 5.75. The number of nitrogens with zero attached hydrogens (tertiary/aromatic N) is 3. The lowest BCUT2D eigenvalue weighted by atomic mass is 10.1. The van der Waals surface area contributed by atoms with Gasteiger partial charge in [-0.1, -0.05) is 46.7 Å². The predicted octanol–water partition coefficient (Wildman–Crippen LogP) is 4.80. The molecule has 2 heterocycles. The van der Waals surface area contributed by atoms with Crippen LogP contribution in [0.25, 0.3) is 11.4 Å². The average molecular weight is 492 g/mol. The van der Waals surface area contributed by atoms with Gasteiger partial charge >= 0.3 is 0 Å². The summed E-state index contributed by atoms with van der Waals surface area (Å²) in [5.74, 6) is 0.441. The molecule has 3 aromatic carbocycles. The molecule has 1 aliphatic heterocycles. The van der Waals surface area contributed by atoms with Crippen LogP contribution in [0.15, 0.2) is 85.9 Å². The summed E-state index contributed by atoms with van der Waals surface area (Å²) in [4.78, 5) is 21.0. The fraction of sp³-hybridized carbons (Fsp3) is 0.160. The molecule has 0 saturated carbocycles. The van der Waals surface area contributed by atoms with Crippen LogP contribution in [-0.2, 0) is 16.3 Å². The zero-order chi connectivity index (χ0) is 23.9. The number of amides is 1. The Labute approximate surface area is 201 Å². The van der Waals surface area contributed by atoms with Crippen molar-refractivity contribution in [2.24, 2.45) is 0 Å². The molecule has 1 amide bonds. The van der Waals surface area contributed by atoms with Gasteiger partial charge < -0.3 is 9.42 Å². The summed E-state index contributed by atoms with van der Waals surface area (Å²) >= 11 is 1.51. The lowest BCUT2D eigenvalue weighted by Gasteiger charge is -2.17. The minimum absolute atomic E-state index is 0.0637. The number of aryl methyl sites for hydroxylation is 2. The first-order valence-corrected chi connectivity index (χ1v) is 13.1. The number of benzene rings is 3. The van der Waals surface area contributed by atoms with Crippen LogP contribution < -0.4 is 4.90 Å². The number of carbonyl (C=O) groups is 1. The number of carbonyl (C=O) groups excluding carboxylic acids is 1. The van der Waals surface area contributed by atoms with Crippen molar-refractivity contribution < 1.29 is 17.7 Å². The number of sulfone groups is 1. The van der Waals surface area contributed by atoms with Crippen LogP contribution in [0.3, 0.4) is 0 Å². The molecule has 0 saturated heterocycles. The molecule has 0 N–H and O–H groups in total. The van der Waals surface area contributed by atoms with E-state index in [9.17, 15) is 13.2 Å². The quantitative estimate of drug-likeness (QED) is 0.396. The third kappa shape index (κ3) is 4.24. The van der Waals surface area contributed by atoms with Crippen molar-refractivity contribution in [2.45, 2.75) is 28.0 Å². The molecule has 0 radical (unpaired) electrons. The number of aromatic nitrogens is 2. The second kappa shape index (κ2) is 8.73. The second-order valence-corrected chi connectivity index (χ2v) is 11.2. The first kappa shape index (κ1) is 22.4. The molecule has 172 valence electrons. The molecule has 4 aromatic rings. The molecule has 7 nitrogen and oxygen atoms in total. The molecular weight excluding hydrogens is 470 g/mol. The molecule has 5 rings (SSSR count). The maximum absolute atomic E-state index is 12.9. The lowest BCUT2D eigenvalue weighted by Crippen LogP contribution is -2.25. The second-order valence-electron chi connectivity index (χ2n) is 8.04. The van der Waals surface area contributed by atoms with Crippen LogP contribution in [0.4, 0.5) is 5.69 Å². The van der Waals surface area contributed by atoms with Crippen molar-refractivity contribution in [3.05, 3.63) is 83.7 Å². The van der Waals surface area contributed by atoms with E-state index in [2.05, 4.69) is 10.1 Å². The normalized spacial score (nSPS) is 13.4. The molecule has 1 aliphatic rings. The number of hydrogen-bond donors (Lipinski definition) is 0. The summed E-state index contributed by atoms with van der Waals surface area (Å²) in [6.07, 6.45) is 0.119. The highest BCUT2D eigenvalue weighted by Crippen LogP contribution is 2.42. The SMILES string of the molecule is Cc1ccc(S(=O)(=O)CCc2nc(-c3ccc4c(c3)Sc3ccccc3C(=O)N4C)no2)cc1. The topological polar surface area (TPSA) is 93.4 Å². The fourth-order valence-electron chi connectivity index (χ4n) is 3.71. The van der Waals surface area contributed by atoms with Crippen LogP contribution in [-0.4, -0.2) is 37.3 Å². The maximum atomic E-state index is 12.9. The largest absolute Gasteiger partial charge is 0.339 e. The smallest absolute Gasteiger partial charge is 0.259 e. The van der Waals surface area contributed by atoms with Crippen molar-refractivity contribution in [3.8, 4) is 11.4 Å². The first-order valence-electron chi connectivity index (χ1n) is 10.6. The van der Waals surface area contributed by atoms with Gasteiger partial charge in [0.15, 0.2) is 9.84 Å². The van der Waals surface area contributed by atoms with E-state index in [4.69, 9.17) is 4.52 Å². The molecule has 34 heavy (non-hydrogen) atoms. The molecule has 1 aromatic heterocycles. The monoisotopic (exact) mass is 491 g/mol. The van der Waals surface area contributed by atoms with Crippen molar-refractivity contribution in [1.82, 2.24) is 10.1 Å². The van der Waals surface area contributed by atoms with Crippen molar-refractivity contribution >= 4 is 33.2 Å². The van der Waals surface area contributed by atoms with Crippen LogP contribution in [0.1, 0.15) is 21.8 Å². The Balaban J connectivity index is 1.38. The highest BCUT2D eigenvalue weighted by Gasteiger charge is 2.25. The van der Waals surface area contributed by atoms with Gasteiger partial charge in [0.2, 0.25) is 11.7 Å². The fourth-order valence-corrected chi connectivity index (χ4v) is 6.09. The summed E-state index contributed by atoms with van der Waals surface area (Å²) in [5.41, 5.74) is 3.17. The van der Waals surface area contributed by atoms with Crippen molar-refractivity contribution in [1.29, 1.82) is 0 Å². The Morgan fingerprint density at radius 1 is 1.00 bits per heavy atom. The first-order chi connectivity index (χ1) is 16.3. The van der Waals surface area contributed by atoms with Gasteiger partial charge in [0, 0.05) is 28.8 Å². The Hall–Kier alpha value is -3.43. The van der Waals surface area contributed by atoms with Gasteiger partial charge in [-0.3, -0.25) is 4.79 Å². The zero-order valence-corrected chi connectivity index (χ0v) is 20.2. The molecule has 0 fully saturated rings. The number of fused-ring (bicyclic) bond motifs is 2. The molecule has 0 unspecified atom stereocenters. The molecule has 0 atom stereocenters. The summed E-state index contributed by atoms with van der Waals surface area (Å²) in [7, 11) is -1.70. The maximum Gasteiger partial charge on any atom is 0.259 e. The van der Waals surface area contributed by atoms with Gasteiger partial charge in [-0.05, 0) is 49.4 Å². The molecular formula is C25H21N3O4S2. The van der Waals surface area contributed by atoms with E-state index >= 15 is 0 Å². The highest BCUT2D eigenvalue weighted by molar-refractivity contribution is 7.99. The Morgan fingerprint density at radius 2 is 1.76 bits per heavy atom. The van der Waals surface area contributed by atoms with E-state index in [1.54, 1.807) is 36.2 Å². The Morgan fingerprint density at radius 3 is 2.56 bits per heavy atom. The van der Waals surface area contributed by atoms with Gasteiger partial charge in [0.25, 0.3) is 5.91 Å².